The Balaban J connectivity index is 2.09. The zero-order valence-electron chi connectivity index (χ0n) is 16.8. The summed E-state index contributed by atoms with van der Waals surface area (Å²) in [4.78, 5) is 22.7. The largest absolute Gasteiger partial charge is 0.508 e. The average Bonchev–Trinajstić information content (AvgIpc) is 2.60. The van der Waals surface area contributed by atoms with Crippen LogP contribution in [0.3, 0.4) is 0 Å². The van der Waals surface area contributed by atoms with Gasteiger partial charge in [0, 0.05) is 11.1 Å². The summed E-state index contributed by atoms with van der Waals surface area (Å²) < 4.78 is 6.17. The van der Waals surface area contributed by atoms with Gasteiger partial charge < -0.3 is 9.84 Å². The lowest BCUT2D eigenvalue weighted by Gasteiger charge is -2.37. The molecule has 0 saturated carbocycles. The number of fused-ring (bicyclic) bond motifs is 1. The third-order valence-electron chi connectivity index (χ3n) is 5.19. The van der Waals surface area contributed by atoms with Gasteiger partial charge in [0.15, 0.2) is 12.6 Å². The second-order valence-corrected chi connectivity index (χ2v) is 7.90. The zero-order valence-corrected chi connectivity index (χ0v) is 16.8. The van der Waals surface area contributed by atoms with Gasteiger partial charge in [-0.05, 0) is 72.3 Å². The molecule has 0 saturated heterocycles. The maximum atomic E-state index is 11.5. The molecule has 0 unspecified atom stereocenters. The summed E-state index contributed by atoms with van der Waals surface area (Å²) in [5.74, 6) is 0.389. The van der Waals surface area contributed by atoms with Gasteiger partial charge >= 0.3 is 0 Å². The van der Waals surface area contributed by atoms with Crippen molar-refractivity contribution in [2.45, 2.75) is 71.8 Å². The van der Waals surface area contributed by atoms with Crippen LogP contribution in [0.25, 0.3) is 0 Å². The summed E-state index contributed by atoms with van der Waals surface area (Å²) in [5.41, 5.74) is 3.30. The lowest BCUT2D eigenvalue weighted by molar-refractivity contribution is 0.0551. The Morgan fingerprint density at radius 3 is 2.56 bits per heavy atom. The van der Waals surface area contributed by atoms with Gasteiger partial charge in [0.05, 0.1) is 5.56 Å². The topological polar surface area (TPSA) is 63.6 Å². The van der Waals surface area contributed by atoms with Crippen LogP contribution >= 0.6 is 0 Å². The number of hydrogen-bond donors (Lipinski definition) is 1. The zero-order chi connectivity index (χ0) is 20.0. The van der Waals surface area contributed by atoms with Crippen molar-refractivity contribution in [1.82, 2.24) is 0 Å². The van der Waals surface area contributed by atoms with E-state index in [-0.39, 0.29) is 16.9 Å². The normalized spacial score (nSPS) is 19.0. The highest BCUT2D eigenvalue weighted by Gasteiger charge is 2.34. The molecule has 0 bridgehead atoms. The van der Waals surface area contributed by atoms with Gasteiger partial charge in [-0.15, -0.1) is 0 Å². The van der Waals surface area contributed by atoms with Crippen LogP contribution in [0.15, 0.2) is 29.4 Å². The van der Waals surface area contributed by atoms with Gasteiger partial charge in [0.1, 0.15) is 17.1 Å². The molecule has 0 radical (unpaired) electrons. The Morgan fingerprint density at radius 2 is 1.93 bits per heavy atom. The highest BCUT2D eigenvalue weighted by molar-refractivity contribution is 5.94. The van der Waals surface area contributed by atoms with Crippen molar-refractivity contribution in [2.24, 2.45) is 0 Å². The molecule has 0 spiro atoms. The third kappa shape index (κ3) is 5.31. The van der Waals surface area contributed by atoms with Crippen LogP contribution in [0.5, 0.6) is 11.5 Å². The fourth-order valence-electron chi connectivity index (χ4n) is 3.48. The first-order valence-corrected chi connectivity index (χ1v) is 9.57. The molecule has 1 heterocycles. The number of allylic oxidation sites excluding steroid dienone is 4. The van der Waals surface area contributed by atoms with Gasteiger partial charge in [0.2, 0.25) is 0 Å². The molecule has 0 fully saturated rings. The molecule has 1 aliphatic heterocycles. The molecule has 0 aromatic heterocycles. The number of carbonyl (C=O) groups excluding carboxylic acids is 2. The van der Waals surface area contributed by atoms with E-state index in [1.54, 1.807) is 0 Å². The molecule has 4 nitrogen and oxygen atoms in total. The van der Waals surface area contributed by atoms with E-state index in [1.807, 2.05) is 6.92 Å². The fourth-order valence-corrected chi connectivity index (χ4v) is 3.48. The number of carbonyl (C=O) groups is 2. The molecular formula is C23H30O4. The maximum Gasteiger partial charge on any atom is 0.154 e. The standard InChI is InChI=1S/C23H30O4/c1-16(2)7-5-8-17(3)9-6-11-23(4)12-10-19-21(26)13-18(14-24)20(15-25)22(19)27-23/h7,9,13-15,26H,5-6,8,10-12H2,1-4H3/b17-9+/t23-/m0/s1. The number of aromatic hydroxyl groups is 1. The number of rotatable bonds is 8. The fraction of sp³-hybridized carbons (Fsp3) is 0.478. The summed E-state index contributed by atoms with van der Waals surface area (Å²) in [6, 6.07) is 1.35. The molecule has 2 rings (SSSR count). The first kappa shape index (κ1) is 20.9. The van der Waals surface area contributed by atoms with Crippen LogP contribution in [0.2, 0.25) is 0 Å². The highest BCUT2D eigenvalue weighted by Crippen LogP contribution is 2.42. The first-order chi connectivity index (χ1) is 12.8. The van der Waals surface area contributed by atoms with Crippen LogP contribution in [0.4, 0.5) is 0 Å². The van der Waals surface area contributed by atoms with Crippen LogP contribution in [0, 0.1) is 0 Å². The molecule has 1 N–H and O–H groups in total. The van der Waals surface area contributed by atoms with E-state index in [1.165, 1.54) is 17.2 Å². The summed E-state index contributed by atoms with van der Waals surface area (Å²) >= 11 is 0. The van der Waals surface area contributed by atoms with Crippen LogP contribution in [-0.2, 0) is 6.42 Å². The minimum absolute atomic E-state index is 0.0229. The quantitative estimate of drug-likeness (QED) is 0.480. The minimum atomic E-state index is -0.421. The van der Waals surface area contributed by atoms with Crippen molar-refractivity contribution in [3.63, 3.8) is 0 Å². The molecule has 4 heteroatoms. The minimum Gasteiger partial charge on any atom is -0.508 e. The average molecular weight is 370 g/mol. The number of aldehydes is 2. The Kier molecular flexibility index (Phi) is 7.00. The lowest BCUT2D eigenvalue weighted by atomic mass is 9.86. The summed E-state index contributed by atoms with van der Waals surface area (Å²) in [6.07, 6.45) is 10.9. The second-order valence-electron chi connectivity index (χ2n) is 7.90. The van der Waals surface area contributed by atoms with Crippen molar-refractivity contribution in [2.75, 3.05) is 0 Å². The monoisotopic (exact) mass is 370 g/mol. The molecule has 27 heavy (non-hydrogen) atoms. The van der Waals surface area contributed by atoms with Gasteiger partial charge in [0.25, 0.3) is 0 Å². The number of hydrogen-bond acceptors (Lipinski definition) is 4. The number of phenolic OH excluding ortho intramolecular Hbond substituents is 1. The molecule has 1 aromatic rings. The van der Waals surface area contributed by atoms with E-state index in [4.69, 9.17) is 4.74 Å². The third-order valence-corrected chi connectivity index (χ3v) is 5.19. The molecule has 1 aliphatic rings. The molecule has 1 atom stereocenters. The number of ether oxygens (including phenoxy) is 1. The predicted octanol–water partition coefficient (Wildman–Crippen LogP) is 5.57. The lowest BCUT2D eigenvalue weighted by Crippen LogP contribution is -2.36. The van der Waals surface area contributed by atoms with Crippen molar-refractivity contribution in [1.29, 1.82) is 0 Å². The van der Waals surface area contributed by atoms with E-state index < -0.39 is 5.60 Å². The Hall–Kier alpha value is -2.36. The van der Waals surface area contributed by atoms with Gasteiger partial charge in [-0.25, -0.2) is 0 Å². The molecular weight excluding hydrogens is 340 g/mol. The Morgan fingerprint density at radius 1 is 1.19 bits per heavy atom. The number of phenols is 1. The Labute approximate surface area is 161 Å². The van der Waals surface area contributed by atoms with Gasteiger partial charge in [-0.1, -0.05) is 23.3 Å². The smallest absolute Gasteiger partial charge is 0.154 e. The van der Waals surface area contributed by atoms with Crippen molar-refractivity contribution < 1.29 is 19.4 Å². The predicted molar refractivity (Wildman–Crippen MR) is 108 cm³/mol. The molecule has 0 amide bonds. The van der Waals surface area contributed by atoms with Crippen molar-refractivity contribution >= 4 is 12.6 Å². The van der Waals surface area contributed by atoms with Gasteiger partial charge in [-0.2, -0.15) is 0 Å². The Bertz CT molecular complexity index is 769. The maximum absolute atomic E-state index is 11.5. The van der Waals surface area contributed by atoms with E-state index >= 15 is 0 Å². The van der Waals surface area contributed by atoms with Crippen molar-refractivity contribution in [3.05, 3.63) is 46.1 Å². The van der Waals surface area contributed by atoms with E-state index in [2.05, 4.69) is 32.9 Å². The second kappa shape index (κ2) is 9.03. The summed E-state index contributed by atoms with van der Waals surface area (Å²) in [5, 5.41) is 10.2. The number of benzene rings is 1. The highest BCUT2D eigenvalue weighted by atomic mass is 16.5. The van der Waals surface area contributed by atoms with Crippen molar-refractivity contribution in [3.8, 4) is 11.5 Å². The molecule has 0 aliphatic carbocycles. The summed E-state index contributed by atoms with van der Waals surface area (Å²) in [7, 11) is 0. The SMILES string of the molecule is CC(C)=CCC/C(C)=C/CC[C@@]1(C)CCc2c(O)cc(C=O)c(C=O)c2O1. The van der Waals surface area contributed by atoms with E-state index in [9.17, 15) is 14.7 Å². The molecule has 1 aromatic carbocycles. The van der Waals surface area contributed by atoms with Gasteiger partial charge in [-0.3, -0.25) is 9.59 Å². The summed E-state index contributed by atoms with van der Waals surface area (Å²) in [6.45, 7) is 8.40. The van der Waals surface area contributed by atoms with E-state index in [0.29, 0.717) is 30.3 Å². The van der Waals surface area contributed by atoms with Crippen LogP contribution in [-0.4, -0.2) is 23.3 Å². The van der Waals surface area contributed by atoms with Crippen LogP contribution in [0.1, 0.15) is 86.1 Å². The first-order valence-electron chi connectivity index (χ1n) is 9.57. The van der Waals surface area contributed by atoms with Crippen LogP contribution < -0.4 is 4.74 Å². The molecule has 146 valence electrons. The van der Waals surface area contributed by atoms with E-state index in [0.717, 1.165) is 32.1 Å².